The fourth-order valence-corrected chi connectivity index (χ4v) is 7.95. The molecule has 0 aromatic heterocycles. The Morgan fingerprint density at radius 1 is 0.914 bits per heavy atom. The summed E-state index contributed by atoms with van der Waals surface area (Å²) in [5, 5.41) is 1.02. The van der Waals surface area contributed by atoms with Crippen LogP contribution in [-0.4, -0.2) is 25.2 Å². The maximum Gasteiger partial charge on any atom is 0.416 e. The van der Waals surface area contributed by atoms with Crippen molar-refractivity contribution in [2.45, 2.75) is 51.3 Å². The Hall–Kier alpha value is -2.72. The molecular formula is C28H30F3O3P. The molecule has 0 bridgehead atoms. The van der Waals surface area contributed by atoms with Crippen LogP contribution in [0.3, 0.4) is 0 Å². The van der Waals surface area contributed by atoms with Crippen molar-refractivity contribution in [3.8, 4) is 28.4 Å². The van der Waals surface area contributed by atoms with E-state index < -0.39 is 19.7 Å². The SMILES string of the molecule is COc1cccc(OC)c1-c1cccc2c1[P@](C(C)(C)C)[C@@H](Cc1ccc(C(F)(F)F)cc1C)O2. The van der Waals surface area contributed by atoms with Gasteiger partial charge in [-0.3, -0.25) is 0 Å². The van der Waals surface area contributed by atoms with E-state index >= 15 is 0 Å². The molecule has 3 nitrogen and oxygen atoms in total. The zero-order valence-corrected chi connectivity index (χ0v) is 21.7. The van der Waals surface area contributed by atoms with Crippen molar-refractivity contribution in [3.05, 3.63) is 71.3 Å². The number of hydrogen-bond donors (Lipinski definition) is 0. The molecular weight excluding hydrogens is 472 g/mol. The Balaban J connectivity index is 1.81. The average molecular weight is 503 g/mol. The summed E-state index contributed by atoms with van der Waals surface area (Å²) in [6.45, 7) is 8.32. The molecule has 0 amide bonds. The number of halogens is 3. The van der Waals surface area contributed by atoms with Crippen molar-refractivity contribution in [1.82, 2.24) is 0 Å². The molecule has 0 saturated heterocycles. The van der Waals surface area contributed by atoms with Crippen LogP contribution in [-0.2, 0) is 12.6 Å². The Bertz CT molecular complexity index is 1210. The molecule has 0 spiro atoms. The lowest BCUT2D eigenvalue weighted by Crippen LogP contribution is -2.26. The summed E-state index contributed by atoms with van der Waals surface area (Å²) in [6.07, 6.45) is -3.83. The highest BCUT2D eigenvalue weighted by Gasteiger charge is 2.44. The zero-order chi connectivity index (χ0) is 25.5. The van der Waals surface area contributed by atoms with E-state index in [-0.39, 0.29) is 11.0 Å². The van der Waals surface area contributed by atoms with E-state index in [1.807, 2.05) is 30.3 Å². The number of ether oxygens (including phenoxy) is 3. The number of hydrogen-bond acceptors (Lipinski definition) is 3. The summed E-state index contributed by atoms with van der Waals surface area (Å²) >= 11 is 0. The molecule has 1 aliphatic rings. The third kappa shape index (κ3) is 4.86. The minimum atomic E-state index is -4.36. The van der Waals surface area contributed by atoms with Crippen molar-refractivity contribution >= 4 is 13.2 Å². The van der Waals surface area contributed by atoms with Crippen LogP contribution in [0.25, 0.3) is 11.1 Å². The lowest BCUT2D eigenvalue weighted by molar-refractivity contribution is -0.137. The van der Waals surface area contributed by atoms with Crippen molar-refractivity contribution < 1.29 is 27.4 Å². The van der Waals surface area contributed by atoms with E-state index in [0.717, 1.165) is 33.8 Å². The fraction of sp³-hybridized carbons (Fsp3) is 0.357. The fourth-order valence-electron chi connectivity index (χ4n) is 4.72. The molecule has 0 N–H and O–H groups in total. The third-order valence-electron chi connectivity index (χ3n) is 6.28. The van der Waals surface area contributed by atoms with Gasteiger partial charge < -0.3 is 14.2 Å². The van der Waals surface area contributed by atoms with Crippen LogP contribution in [0.1, 0.15) is 37.5 Å². The molecule has 0 unspecified atom stereocenters. The van der Waals surface area contributed by atoms with Gasteiger partial charge in [0.05, 0.1) is 25.3 Å². The number of alkyl halides is 3. The first-order chi connectivity index (χ1) is 16.5. The summed E-state index contributed by atoms with van der Waals surface area (Å²) < 4.78 is 57.5. The van der Waals surface area contributed by atoms with Crippen LogP contribution in [0.2, 0.25) is 0 Å². The molecule has 0 saturated carbocycles. The van der Waals surface area contributed by atoms with Crippen molar-refractivity contribution in [1.29, 1.82) is 0 Å². The smallest absolute Gasteiger partial charge is 0.416 e. The van der Waals surface area contributed by atoms with E-state index in [4.69, 9.17) is 14.2 Å². The minimum Gasteiger partial charge on any atom is -0.496 e. The Morgan fingerprint density at radius 2 is 1.54 bits per heavy atom. The first-order valence-corrected chi connectivity index (χ1v) is 12.8. The van der Waals surface area contributed by atoms with Crippen molar-refractivity contribution in [2.24, 2.45) is 0 Å². The van der Waals surface area contributed by atoms with Gasteiger partial charge in [-0.25, -0.2) is 0 Å². The van der Waals surface area contributed by atoms with E-state index in [0.29, 0.717) is 23.5 Å². The van der Waals surface area contributed by atoms with Crippen LogP contribution in [0.15, 0.2) is 54.6 Å². The molecule has 1 aliphatic heterocycles. The molecule has 0 fully saturated rings. The summed E-state index contributed by atoms with van der Waals surface area (Å²) in [5.74, 6) is 2.07. The average Bonchev–Trinajstić information content (AvgIpc) is 3.17. The van der Waals surface area contributed by atoms with Gasteiger partial charge in [-0.1, -0.05) is 45.0 Å². The predicted octanol–water partition coefficient (Wildman–Crippen LogP) is 7.56. The summed E-state index contributed by atoms with van der Waals surface area (Å²) in [5.41, 5.74) is 2.74. The minimum absolute atomic E-state index is 0.115. The maximum absolute atomic E-state index is 13.2. The van der Waals surface area contributed by atoms with E-state index in [1.54, 1.807) is 27.2 Å². The Kier molecular flexibility index (Phi) is 6.80. The van der Waals surface area contributed by atoms with E-state index in [9.17, 15) is 13.2 Å². The second kappa shape index (κ2) is 9.39. The quantitative estimate of drug-likeness (QED) is 0.337. The number of rotatable bonds is 5. The Morgan fingerprint density at radius 3 is 2.09 bits per heavy atom. The molecule has 35 heavy (non-hydrogen) atoms. The number of benzene rings is 3. The van der Waals surface area contributed by atoms with Gasteiger partial charge in [0.25, 0.3) is 0 Å². The normalized spacial score (nSPS) is 17.6. The standard InChI is InChI=1S/C28H30F3O3P/c1-17-15-19(28(29,30)31)14-13-18(17)16-24-34-23-12-7-9-20(26(23)35(24)27(2,3)4)25-21(32-5)10-8-11-22(25)33-6/h7-15,24H,16H2,1-6H3/t24-,35+/m0/s1. The first kappa shape index (κ1) is 25.4. The van der Waals surface area contributed by atoms with Crippen molar-refractivity contribution in [3.63, 3.8) is 0 Å². The highest BCUT2D eigenvalue weighted by Crippen LogP contribution is 2.61. The topological polar surface area (TPSA) is 27.7 Å². The molecule has 7 heteroatoms. The predicted molar refractivity (Wildman–Crippen MR) is 136 cm³/mol. The Labute approximate surface area is 206 Å². The number of aryl methyl sites for hydroxylation is 1. The molecule has 3 aromatic rings. The van der Waals surface area contributed by atoms with E-state index in [2.05, 4.69) is 26.8 Å². The molecule has 1 heterocycles. The summed E-state index contributed by atoms with van der Waals surface area (Å²) in [7, 11) is 2.41. The maximum atomic E-state index is 13.2. The van der Waals surface area contributed by atoms with Gasteiger partial charge in [0.1, 0.15) is 23.1 Å². The van der Waals surface area contributed by atoms with E-state index in [1.165, 1.54) is 6.07 Å². The highest BCUT2D eigenvalue weighted by atomic mass is 31.1. The van der Waals surface area contributed by atoms with Crippen LogP contribution >= 0.6 is 7.92 Å². The number of methoxy groups -OCH3 is 2. The zero-order valence-electron chi connectivity index (χ0n) is 20.8. The van der Waals surface area contributed by atoms with Gasteiger partial charge in [-0.2, -0.15) is 13.2 Å². The molecule has 0 radical (unpaired) electrons. The second-order valence-electron chi connectivity index (χ2n) is 9.65. The monoisotopic (exact) mass is 502 g/mol. The van der Waals surface area contributed by atoms with Gasteiger partial charge in [0, 0.05) is 17.3 Å². The van der Waals surface area contributed by atoms with Crippen LogP contribution < -0.4 is 19.5 Å². The van der Waals surface area contributed by atoms with Gasteiger partial charge in [-0.15, -0.1) is 0 Å². The highest BCUT2D eigenvalue weighted by molar-refractivity contribution is 7.68. The molecule has 0 aliphatic carbocycles. The lowest BCUT2D eigenvalue weighted by Gasteiger charge is -2.33. The molecule has 3 aromatic carbocycles. The molecule has 2 atom stereocenters. The summed E-state index contributed by atoms with van der Waals surface area (Å²) in [4.78, 5) is 0. The van der Waals surface area contributed by atoms with Gasteiger partial charge >= 0.3 is 6.18 Å². The largest absolute Gasteiger partial charge is 0.496 e. The first-order valence-electron chi connectivity index (χ1n) is 11.4. The van der Waals surface area contributed by atoms with Crippen molar-refractivity contribution in [2.75, 3.05) is 14.2 Å². The lowest BCUT2D eigenvalue weighted by atomic mass is 10.0. The second-order valence-corrected chi connectivity index (χ2v) is 12.8. The summed E-state index contributed by atoms with van der Waals surface area (Å²) in [6, 6.07) is 15.7. The van der Waals surface area contributed by atoms with Crippen LogP contribution in [0.5, 0.6) is 17.2 Å². The molecule has 186 valence electrons. The van der Waals surface area contributed by atoms with Crippen LogP contribution in [0, 0.1) is 6.92 Å². The molecule has 4 rings (SSSR count). The van der Waals surface area contributed by atoms with Crippen LogP contribution in [0.4, 0.5) is 13.2 Å². The van der Waals surface area contributed by atoms with Gasteiger partial charge in [0.15, 0.2) is 0 Å². The van der Waals surface area contributed by atoms with Gasteiger partial charge in [0.2, 0.25) is 0 Å². The third-order valence-corrected chi connectivity index (χ3v) is 9.53. The number of fused-ring (bicyclic) bond motifs is 1. The van der Waals surface area contributed by atoms with Gasteiger partial charge in [-0.05, 0) is 61.5 Å².